The Morgan fingerprint density at radius 3 is 2.86 bits per heavy atom. The predicted molar refractivity (Wildman–Crippen MR) is 82.5 cm³/mol. The number of aliphatic imine (C=N–C) groups is 1. The highest BCUT2D eigenvalue weighted by Crippen LogP contribution is 2.29. The number of nitrogens with zero attached hydrogens (tertiary/aromatic N) is 2. The van der Waals surface area contributed by atoms with Gasteiger partial charge in [-0.3, -0.25) is 4.99 Å². The van der Waals surface area contributed by atoms with Gasteiger partial charge in [0.05, 0.1) is 13.2 Å². The van der Waals surface area contributed by atoms with Crippen LogP contribution in [0.2, 0.25) is 0 Å². The zero-order valence-electron chi connectivity index (χ0n) is 12.8. The molecule has 0 unspecified atom stereocenters. The monoisotopic (exact) mass is 292 g/mol. The van der Waals surface area contributed by atoms with E-state index in [-0.39, 0.29) is 0 Å². The summed E-state index contributed by atoms with van der Waals surface area (Å²) in [4.78, 5) is 8.46. The summed E-state index contributed by atoms with van der Waals surface area (Å²) in [6, 6.07) is 3.94. The molecule has 2 rings (SSSR count). The van der Waals surface area contributed by atoms with Crippen molar-refractivity contribution in [3.8, 4) is 5.88 Å². The summed E-state index contributed by atoms with van der Waals surface area (Å²) in [5, 5.41) is 6.39. The maximum Gasteiger partial charge on any atom is 0.213 e. The Morgan fingerprint density at radius 1 is 1.38 bits per heavy atom. The van der Waals surface area contributed by atoms with Crippen LogP contribution in [0.15, 0.2) is 23.3 Å². The molecule has 0 amide bonds. The summed E-state index contributed by atoms with van der Waals surface area (Å²) >= 11 is 0. The Morgan fingerprint density at radius 2 is 2.24 bits per heavy atom. The summed E-state index contributed by atoms with van der Waals surface area (Å²) in [7, 11) is 3.42. The van der Waals surface area contributed by atoms with Crippen LogP contribution < -0.4 is 15.4 Å². The van der Waals surface area contributed by atoms with Gasteiger partial charge in [-0.15, -0.1) is 0 Å². The summed E-state index contributed by atoms with van der Waals surface area (Å²) in [5.74, 6) is 2.20. The molecule has 1 fully saturated rings. The third kappa shape index (κ3) is 5.99. The molecule has 2 N–H and O–H groups in total. The Labute approximate surface area is 126 Å². The minimum atomic E-state index is 0.648. The van der Waals surface area contributed by atoms with Gasteiger partial charge in [0.2, 0.25) is 5.88 Å². The Hall–Kier alpha value is -1.82. The van der Waals surface area contributed by atoms with Crippen LogP contribution >= 0.6 is 0 Å². The van der Waals surface area contributed by atoms with Crippen molar-refractivity contribution in [3.63, 3.8) is 0 Å². The van der Waals surface area contributed by atoms with Gasteiger partial charge in [-0.1, -0.05) is 6.07 Å². The fourth-order valence-electron chi connectivity index (χ4n) is 1.77. The van der Waals surface area contributed by atoms with Gasteiger partial charge >= 0.3 is 0 Å². The highest BCUT2D eigenvalue weighted by molar-refractivity contribution is 5.79. The lowest BCUT2D eigenvalue weighted by atomic mass is 10.3. The molecule has 0 spiro atoms. The SMILES string of the molecule is CN=C(NCCOC)NCc1ccc(OCC2CC2)nc1. The van der Waals surface area contributed by atoms with Gasteiger partial charge < -0.3 is 20.1 Å². The molecule has 0 aliphatic heterocycles. The first-order chi connectivity index (χ1) is 10.3. The molecule has 1 heterocycles. The molecule has 0 bridgehead atoms. The van der Waals surface area contributed by atoms with Crippen LogP contribution in [0.4, 0.5) is 0 Å². The fourth-order valence-corrected chi connectivity index (χ4v) is 1.77. The number of rotatable bonds is 8. The van der Waals surface area contributed by atoms with Crippen LogP contribution in [0.25, 0.3) is 0 Å². The summed E-state index contributed by atoms with van der Waals surface area (Å²) < 4.78 is 10.6. The van der Waals surface area contributed by atoms with E-state index in [1.54, 1.807) is 14.2 Å². The average molecular weight is 292 g/mol. The molecule has 1 saturated carbocycles. The number of methoxy groups -OCH3 is 1. The zero-order chi connectivity index (χ0) is 14.9. The second kappa shape index (κ2) is 8.46. The van der Waals surface area contributed by atoms with E-state index in [1.807, 2.05) is 18.3 Å². The number of hydrogen-bond donors (Lipinski definition) is 2. The molecular weight excluding hydrogens is 268 g/mol. The Balaban J connectivity index is 1.71. The molecule has 1 aliphatic carbocycles. The number of pyridine rings is 1. The van der Waals surface area contributed by atoms with Crippen molar-refractivity contribution in [1.82, 2.24) is 15.6 Å². The van der Waals surface area contributed by atoms with Gasteiger partial charge in [-0.2, -0.15) is 0 Å². The number of nitrogens with one attached hydrogen (secondary N) is 2. The van der Waals surface area contributed by atoms with Crippen molar-refractivity contribution in [3.05, 3.63) is 23.9 Å². The summed E-state index contributed by atoms with van der Waals surface area (Å²) in [6.07, 6.45) is 4.41. The van der Waals surface area contributed by atoms with Crippen LogP contribution in [-0.4, -0.2) is 44.9 Å². The van der Waals surface area contributed by atoms with E-state index in [2.05, 4.69) is 20.6 Å². The van der Waals surface area contributed by atoms with Crippen LogP contribution in [0.1, 0.15) is 18.4 Å². The molecule has 6 nitrogen and oxygen atoms in total. The first kappa shape index (κ1) is 15.6. The minimum Gasteiger partial charge on any atom is -0.477 e. The molecule has 0 atom stereocenters. The Bertz CT molecular complexity index is 443. The average Bonchev–Trinajstić information content (AvgIpc) is 3.34. The number of guanidine groups is 1. The standard InChI is InChI=1S/C15H24N4O2/c1-16-15(17-7-8-20-2)19-10-13-5-6-14(18-9-13)21-11-12-3-4-12/h5-6,9,12H,3-4,7-8,10-11H2,1-2H3,(H2,16,17,19). The van der Waals surface area contributed by atoms with E-state index >= 15 is 0 Å². The van der Waals surface area contributed by atoms with Crippen LogP contribution in [-0.2, 0) is 11.3 Å². The lowest BCUT2D eigenvalue weighted by Gasteiger charge is -2.11. The van der Waals surface area contributed by atoms with Gasteiger partial charge in [0.1, 0.15) is 0 Å². The summed E-state index contributed by atoms with van der Waals surface area (Å²) in [6.45, 7) is 2.83. The quantitative estimate of drug-likeness (QED) is 0.428. The maximum atomic E-state index is 5.62. The fraction of sp³-hybridized carbons (Fsp3) is 0.600. The third-order valence-corrected chi connectivity index (χ3v) is 3.24. The van der Waals surface area contributed by atoms with E-state index < -0.39 is 0 Å². The van der Waals surface area contributed by atoms with Crippen molar-refractivity contribution < 1.29 is 9.47 Å². The van der Waals surface area contributed by atoms with Crippen LogP contribution in [0, 0.1) is 5.92 Å². The van der Waals surface area contributed by atoms with E-state index in [0.29, 0.717) is 19.0 Å². The molecule has 1 aromatic rings. The van der Waals surface area contributed by atoms with Gasteiger partial charge in [-0.05, 0) is 24.3 Å². The van der Waals surface area contributed by atoms with Gasteiger partial charge in [0.15, 0.2) is 5.96 Å². The molecular formula is C15H24N4O2. The van der Waals surface area contributed by atoms with Gasteiger partial charge in [0.25, 0.3) is 0 Å². The Kier molecular flexibility index (Phi) is 6.27. The zero-order valence-corrected chi connectivity index (χ0v) is 12.8. The maximum absolute atomic E-state index is 5.62. The number of aromatic nitrogens is 1. The second-order valence-electron chi connectivity index (χ2n) is 5.10. The van der Waals surface area contributed by atoms with Crippen molar-refractivity contribution in [2.24, 2.45) is 10.9 Å². The second-order valence-corrected chi connectivity index (χ2v) is 5.10. The normalized spacial score (nSPS) is 14.9. The van der Waals surface area contributed by atoms with Crippen LogP contribution in [0.5, 0.6) is 5.88 Å². The first-order valence-corrected chi connectivity index (χ1v) is 7.33. The lowest BCUT2D eigenvalue weighted by molar-refractivity contribution is 0.203. The highest BCUT2D eigenvalue weighted by Gasteiger charge is 2.21. The largest absolute Gasteiger partial charge is 0.477 e. The van der Waals surface area contributed by atoms with Crippen molar-refractivity contribution in [2.45, 2.75) is 19.4 Å². The third-order valence-electron chi connectivity index (χ3n) is 3.24. The topological polar surface area (TPSA) is 67.8 Å². The lowest BCUT2D eigenvalue weighted by Crippen LogP contribution is -2.38. The molecule has 21 heavy (non-hydrogen) atoms. The van der Waals surface area contributed by atoms with E-state index in [9.17, 15) is 0 Å². The number of hydrogen-bond acceptors (Lipinski definition) is 4. The smallest absolute Gasteiger partial charge is 0.213 e. The molecule has 1 aromatic heterocycles. The van der Waals surface area contributed by atoms with E-state index in [1.165, 1.54) is 12.8 Å². The first-order valence-electron chi connectivity index (χ1n) is 7.33. The molecule has 0 radical (unpaired) electrons. The van der Waals surface area contributed by atoms with Crippen molar-refractivity contribution in [2.75, 3.05) is 33.9 Å². The van der Waals surface area contributed by atoms with Crippen molar-refractivity contribution >= 4 is 5.96 Å². The number of ether oxygens (including phenoxy) is 2. The molecule has 0 aromatic carbocycles. The van der Waals surface area contributed by atoms with Crippen LogP contribution in [0.3, 0.4) is 0 Å². The summed E-state index contributed by atoms with van der Waals surface area (Å²) in [5.41, 5.74) is 1.09. The molecule has 116 valence electrons. The molecule has 0 saturated heterocycles. The minimum absolute atomic E-state index is 0.648. The highest BCUT2D eigenvalue weighted by atomic mass is 16.5. The van der Waals surface area contributed by atoms with E-state index in [0.717, 1.165) is 30.6 Å². The van der Waals surface area contributed by atoms with E-state index in [4.69, 9.17) is 9.47 Å². The molecule has 6 heteroatoms. The molecule has 1 aliphatic rings. The van der Waals surface area contributed by atoms with Crippen molar-refractivity contribution in [1.29, 1.82) is 0 Å². The van der Waals surface area contributed by atoms with Gasteiger partial charge in [0, 0.05) is 39.5 Å². The predicted octanol–water partition coefficient (Wildman–Crippen LogP) is 1.18. The van der Waals surface area contributed by atoms with Gasteiger partial charge in [-0.25, -0.2) is 4.98 Å².